The van der Waals surface area contributed by atoms with Crippen molar-refractivity contribution in [1.29, 1.82) is 0 Å². The van der Waals surface area contributed by atoms with E-state index in [2.05, 4.69) is 11.6 Å². The fourth-order valence-electron chi connectivity index (χ4n) is 0.527. The minimum Gasteiger partial charge on any atom is -0.340 e. The summed E-state index contributed by atoms with van der Waals surface area (Å²) in [5, 5.41) is 0. The monoisotopic (exact) mass is 161 g/mol. The molecule has 0 aromatic carbocycles. The molecule has 0 saturated heterocycles. The minimum atomic E-state index is -3.16. The minimum absolute atomic E-state index is 0.204. The highest BCUT2D eigenvalue weighted by Gasteiger charge is 2.14. The summed E-state index contributed by atoms with van der Waals surface area (Å²) in [5.74, 6) is 0. The molecule has 0 bridgehead atoms. The van der Waals surface area contributed by atoms with Gasteiger partial charge in [-0.15, -0.1) is 0 Å². The molecule has 0 saturated carbocycles. The summed E-state index contributed by atoms with van der Waals surface area (Å²) < 4.78 is 10.9. The van der Waals surface area contributed by atoms with Gasteiger partial charge in [-0.25, -0.2) is 0 Å². The van der Waals surface area contributed by atoms with Gasteiger partial charge in [0.15, 0.2) is 0 Å². The van der Waals surface area contributed by atoms with Gasteiger partial charge in [-0.3, -0.25) is 9.56 Å². The van der Waals surface area contributed by atoms with E-state index in [0.717, 1.165) is 0 Å². The number of hydrogen-bond acceptors (Lipinski definition) is 2. The summed E-state index contributed by atoms with van der Waals surface area (Å²) in [6.07, 6.45) is 1.32. The van der Waals surface area contributed by atoms with Crippen molar-refractivity contribution in [3.63, 3.8) is 0 Å². The second-order valence-corrected chi connectivity index (χ2v) is 4.13. The predicted octanol–water partition coefficient (Wildman–Crippen LogP) is 1.49. The Bertz CT molecular complexity index is 192. The van der Waals surface area contributed by atoms with Crippen molar-refractivity contribution in [3.8, 4) is 0 Å². The number of allylic oxidation sites excluding steroid dienone is 1. The number of aliphatic imine (C=N–C) groups is 1. The van der Waals surface area contributed by atoms with E-state index >= 15 is 0 Å². The zero-order valence-electron chi connectivity index (χ0n) is 6.24. The van der Waals surface area contributed by atoms with Gasteiger partial charge in [0, 0.05) is 13.2 Å². The van der Waals surface area contributed by atoms with Crippen LogP contribution in [-0.4, -0.2) is 23.6 Å². The molecule has 0 radical (unpaired) electrons. The Balaban J connectivity index is 4.53. The van der Waals surface area contributed by atoms with Crippen LogP contribution in [0.4, 0.5) is 0 Å². The molecule has 4 heteroatoms. The third-order valence-corrected chi connectivity index (χ3v) is 2.10. The van der Waals surface area contributed by atoms with E-state index in [4.69, 9.17) is 4.89 Å². The van der Waals surface area contributed by atoms with E-state index in [9.17, 15) is 4.57 Å². The maximum Gasteiger partial charge on any atom is 0.243 e. The van der Waals surface area contributed by atoms with Crippen molar-refractivity contribution in [3.05, 3.63) is 12.7 Å². The topological polar surface area (TPSA) is 49.7 Å². The molecule has 0 aromatic heterocycles. The Kier molecular flexibility index (Phi) is 3.54. The van der Waals surface area contributed by atoms with Gasteiger partial charge in [-0.1, -0.05) is 6.58 Å². The van der Waals surface area contributed by atoms with Crippen LogP contribution < -0.4 is 0 Å². The second-order valence-electron chi connectivity index (χ2n) is 1.92. The predicted molar refractivity (Wildman–Crippen MR) is 43.9 cm³/mol. The van der Waals surface area contributed by atoms with Gasteiger partial charge >= 0.3 is 0 Å². The van der Waals surface area contributed by atoms with E-state index in [-0.39, 0.29) is 5.45 Å². The van der Waals surface area contributed by atoms with Crippen molar-refractivity contribution >= 4 is 12.8 Å². The van der Waals surface area contributed by atoms with Gasteiger partial charge in [-0.05, 0) is 13.0 Å². The van der Waals surface area contributed by atoms with Crippen molar-refractivity contribution in [2.24, 2.45) is 4.99 Å². The highest BCUT2D eigenvalue weighted by atomic mass is 31.2. The first-order valence-corrected chi connectivity index (χ1v) is 5.10. The van der Waals surface area contributed by atoms with Gasteiger partial charge in [0.1, 0.15) is 5.45 Å². The summed E-state index contributed by atoms with van der Waals surface area (Å²) >= 11 is 0. The van der Waals surface area contributed by atoms with Crippen LogP contribution in [0.25, 0.3) is 0 Å². The standard InChI is InChI=1S/C6H12NO2P/c1-4-6(7-5-2)10(3,8)9/h4H,1,5H2,2-3H3,(H,8,9). The van der Waals surface area contributed by atoms with E-state index in [1.807, 2.05) is 0 Å². The maximum absolute atomic E-state index is 10.9. The van der Waals surface area contributed by atoms with Crippen LogP contribution in [0.1, 0.15) is 6.92 Å². The first-order chi connectivity index (χ1) is 4.52. The van der Waals surface area contributed by atoms with Gasteiger partial charge in [0.25, 0.3) is 0 Å². The molecule has 1 N–H and O–H groups in total. The number of hydrogen-bond donors (Lipinski definition) is 1. The van der Waals surface area contributed by atoms with E-state index < -0.39 is 7.37 Å². The fraction of sp³-hybridized carbons (Fsp3) is 0.500. The summed E-state index contributed by atoms with van der Waals surface area (Å²) in [6, 6.07) is 0. The lowest BCUT2D eigenvalue weighted by Gasteiger charge is -2.02. The molecule has 0 amide bonds. The lowest BCUT2D eigenvalue weighted by atomic mass is 10.7. The van der Waals surface area contributed by atoms with Gasteiger partial charge < -0.3 is 4.89 Å². The summed E-state index contributed by atoms with van der Waals surface area (Å²) in [4.78, 5) is 12.8. The SMILES string of the molecule is C=CC(=NCC)P(C)(=O)O. The molecule has 0 aliphatic rings. The molecule has 3 nitrogen and oxygen atoms in total. The third-order valence-electron chi connectivity index (χ3n) is 0.928. The highest BCUT2D eigenvalue weighted by molar-refractivity contribution is 7.75. The molecule has 0 aromatic rings. The highest BCUT2D eigenvalue weighted by Crippen LogP contribution is 2.37. The summed E-state index contributed by atoms with van der Waals surface area (Å²) in [6.45, 7) is 6.95. The third kappa shape index (κ3) is 2.95. The first kappa shape index (κ1) is 9.60. The fourth-order valence-corrected chi connectivity index (χ4v) is 1.27. The molecular weight excluding hydrogens is 149 g/mol. The Morgan fingerprint density at radius 3 is 2.50 bits per heavy atom. The van der Waals surface area contributed by atoms with Crippen molar-refractivity contribution in [2.45, 2.75) is 6.92 Å². The van der Waals surface area contributed by atoms with Crippen molar-refractivity contribution < 1.29 is 9.46 Å². The van der Waals surface area contributed by atoms with Crippen LogP contribution in [0, 0.1) is 0 Å². The molecular formula is C6H12NO2P. The molecule has 0 aliphatic heterocycles. The molecule has 0 fully saturated rings. The molecule has 58 valence electrons. The lowest BCUT2D eigenvalue weighted by molar-refractivity contribution is 0.499. The maximum atomic E-state index is 10.9. The van der Waals surface area contributed by atoms with Crippen LogP contribution in [0.2, 0.25) is 0 Å². The average molecular weight is 161 g/mol. The zero-order chi connectivity index (χ0) is 8.20. The quantitative estimate of drug-likeness (QED) is 0.503. The molecule has 0 rings (SSSR count). The van der Waals surface area contributed by atoms with E-state index in [1.54, 1.807) is 6.92 Å². The van der Waals surface area contributed by atoms with Crippen LogP contribution >= 0.6 is 7.37 Å². The summed E-state index contributed by atoms with van der Waals surface area (Å²) in [5.41, 5.74) is 0.204. The largest absolute Gasteiger partial charge is 0.340 e. The van der Waals surface area contributed by atoms with Gasteiger partial charge in [0.2, 0.25) is 7.37 Å². The Morgan fingerprint density at radius 1 is 1.90 bits per heavy atom. The Morgan fingerprint density at radius 2 is 2.40 bits per heavy atom. The smallest absolute Gasteiger partial charge is 0.243 e. The van der Waals surface area contributed by atoms with Crippen molar-refractivity contribution in [1.82, 2.24) is 0 Å². The molecule has 1 atom stereocenters. The molecule has 0 heterocycles. The molecule has 10 heavy (non-hydrogen) atoms. The summed E-state index contributed by atoms with van der Waals surface area (Å²) in [7, 11) is -3.16. The van der Waals surface area contributed by atoms with Crippen LogP contribution in [0.15, 0.2) is 17.6 Å². The van der Waals surface area contributed by atoms with E-state index in [1.165, 1.54) is 12.7 Å². The Hall–Kier alpha value is -0.400. The van der Waals surface area contributed by atoms with Gasteiger partial charge in [-0.2, -0.15) is 0 Å². The average Bonchev–Trinajstić information content (AvgIpc) is 1.80. The van der Waals surface area contributed by atoms with E-state index in [0.29, 0.717) is 6.54 Å². The van der Waals surface area contributed by atoms with Crippen LogP contribution in [0.3, 0.4) is 0 Å². The van der Waals surface area contributed by atoms with Crippen LogP contribution in [0.5, 0.6) is 0 Å². The Labute approximate surface area is 60.9 Å². The zero-order valence-corrected chi connectivity index (χ0v) is 7.14. The number of rotatable bonds is 3. The molecule has 1 unspecified atom stereocenters. The first-order valence-electron chi connectivity index (χ1n) is 3.00. The normalized spacial score (nSPS) is 18.1. The molecule has 0 spiro atoms. The van der Waals surface area contributed by atoms with Gasteiger partial charge in [0.05, 0.1) is 0 Å². The van der Waals surface area contributed by atoms with Crippen LogP contribution in [-0.2, 0) is 4.57 Å². The van der Waals surface area contributed by atoms with Crippen molar-refractivity contribution in [2.75, 3.05) is 13.2 Å². The lowest BCUT2D eigenvalue weighted by Crippen LogP contribution is -1.94. The second kappa shape index (κ2) is 3.69. The molecule has 0 aliphatic carbocycles. The number of nitrogens with zero attached hydrogens (tertiary/aromatic N) is 1.